The predicted octanol–water partition coefficient (Wildman–Crippen LogP) is 4.16. The summed E-state index contributed by atoms with van der Waals surface area (Å²) in [6.07, 6.45) is 5.20. The topological polar surface area (TPSA) is 0 Å². The van der Waals surface area contributed by atoms with E-state index in [9.17, 15) is 8.78 Å². The van der Waals surface area contributed by atoms with Crippen LogP contribution in [0.1, 0.15) is 5.56 Å². The van der Waals surface area contributed by atoms with Crippen LogP contribution in [0.5, 0.6) is 0 Å². The van der Waals surface area contributed by atoms with E-state index in [4.69, 9.17) is 6.42 Å². The molecule has 3 heteroatoms. The van der Waals surface area contributed by atoms with E-state index in [1.165, 1.54) is 11.3 Å². The van der Waals surface area contributed by atoms with Crippen molar-refractivity contribution in [2.45, 2.75) is 19.6 Å². The normalized spacial score (nSPS) is 11.2. The minimum Gasteiger partial charge on any atom is -0.207 e. The first-order valence-electron chi connectivity index (χ1n) is 6.39. The van der Waals surface area contributed by atoms with Crippen molar-refractivity contribution in [1.29, 1.82) is 0 Å². The summed E-state index contributed by atoms with van der Waals surface area (Å²) in [5.74, 6) is 1.10. The summed E-state index contributed by atoms with van der Waals surface area (Å²) in [7, 11) is -1.40. The van der Waals surface area contributed by atoms with Gasteiger partial charge in [-0.3, -0.25) is 0 Å². The number of hydrogen-bond acceptors (Lipinski definition) is 0. The molecule has 20 heavy (non-hydrogen) atoms. The van der Waals surface area contributed by atoms with Gasteiger partial charge in [-0.2, -0.15) is 0 Å². The number of hydrogen-bond donors (Lipinski definition) is 0. The van der Waals surface area contributed by atoms with Gasteiger partial charge in [-0.15, -0.1) is 6.42 Å². The first-order chi connectivity index (χ1) is 9.32. The van der Waals surface area contributed by atoms with Crippen LogP contribution in [0.4, 0.5) is 8.78 Å². The van der Waals surface area contributed by atoms with E-state index in [1.54, 1.807) is 0 Å². The second kappa shape index (κ2) is 5.22. The molecule has 0 aliphatic heterocycles. The molecule has 0 amide bonds. The van der Waals surface area contributed by atoms with Gasteiger partial charge >= 0.3 is 0 Å². The summed E-state index contributed by atoms with van der Waals surface area (Å²) in [5, 5.41) is 1.27. The number of terminal acetylenes is 1. The third-order valence-corrected chi connectivity index (χ3v) is 5.32. The molecule has 0 saturated carbocycles. The molecule has 0 fully saturated rings. The van der Waals surface area contributed by atoms with Crippen molar-refractivity contribution in [3.63, 3.8) is 0 Å². The summed E-state index contributed by atoms with van der Waals surface area (Å²) in [4.78, 5) is 0. The van der Waals surface area contributed by atoms with Crippen LogP contribution in [0.2, 0.25) is 19.6 Å². The third-order valence-electron chi connectivity index (χ3n) is 3.25. The average Bonchev–Trinajstić information content (AvgIpc) is 2.40. The Hall–Kier alpha value is -1.92. The van der Waals surface area contributed by atoms with E-state index in [2.05, 4.69) is 25.6 Å². The molecule has 0 bridgehead atoms. The zero-order valence-electron chi connectivity index (χ0n) is 11.8. The van der Waals surface area contributed by atoms with E-state index < -0.39 is 19.7 Å². The summed E-state index contributed by atoms with van der Waals surface area (Å²) >= 11 is 0. The Morgan fingerprint density at radius 1 is 1.00 bits per heavy atom. The Morgan fingerprint density at radius 3 is 2.10 bits per heavy atom. The van der Waals surface area contributed by atoms with E-state index in [1.807, 2.05) is 24.3 Å². The molecule has 0 nitrogen and oxygen atoms in total. The molecular formula is C17H16F2Si. The monoisotopic (exact) mass is 286 g/mol. The Kier molecular flexibility index (Phi) is 3.78. The van der Waals surface area contributed by atoms with Crippen molar-refractivity contribution in [2.75, 3.05) is 0 Å². The highest BCUT2D eigenvalue weighted by Gasteiger charge is 2.17. The zero-order valence-corrected chi connectivity index (χ0v) is 12.8. The quantitative estimate of drug-likeness (QED) is 0.574. The van der Waals surface area contributed by atoms with Crippen molar-refractivity contribution in [2.24, 2.45) is 0 Å². The maximum atomic E-state index is 14.2. The van der Waals surface area contributed by atoms with Crippen molar-refractivity contribution in [1.82, 2.24) is 0 Å². The molecule has 0 unspecified atom stereocenters. The summed E-state index contributed by atoms with van der Waals surface area (Å²) < 4.78 is 27.7. The molecule has 0 atom stereocenters. The van der Waals surface area contributed by atoms with Crippen LogP contribution in [-0.2, 0) is 0 Å². The van der Waals surface area contributed by atoms with Gasteiger partial charge in [0.2, 0.25) is 0 Å². The van der Waals surface area contributed by atoms with Gasteiger partial charge in [-0.05, 0) is 17.7 Å². The lowest BCUT2D eigenvalue weighted by Crippen LogP contribution is -2.37. The van der Waals surface area contributed by atoms with E-state index in [-0.39, 0.29) is 11.1 Å². The van der Waals surface area contributed by atoms with Crippen molar-refractivity contribution in [3.05, 3.63) is 53.6 Å². The number of halogens is 2. The minimum absolute atomic E-state index is 0.0470. The minimum atomic E-state index is -1.40. The molecular weight excluding hydrogens is 270 g/mol. The van der Waals surface area contributed by atoms with E-state index in [0.717, 1.165) is 6.07 Å². The van der Waals surface area contributed by atoms with Crippen LogP contribution in [0.15, 0.2) is 36.4 Å². The fourth-order valence-electron chi connectivity index (χ4n) is 2.05. The summed E-state index contributed by atoms with van der Waals surface area (Å²) in [6.45, 7) is 6.71. The van der Waals surface area contributed by atoms with E-state index in [0.29, 0.717) is 5.56 Å². The van der Waals surface area contributed by atoms with Crippen LogP contribution in [0.3, 0.4) is 0 Å². The Balaban J connectivity index is 2.53. The second-order valence-electron chi connectivity index (χ2n) is 5.79. The molecule has 0 radical (unpaired) electrons. The Morgan fingerprint density at radius 2 is 1.60 bits per heavy atom. The lowest BCUT2D eigenvalue weighted by molar-refractivity contribution is 0.600. The van der Waals surface area contributed by atoms with Crippen LogP contribution in [-0.4, -0.2) is 8.07 Å². The summed E-state index contributed by atoms with van der Waals surface area (Å²) in [5.41, 5.74) is 0.801. The van der Waals surface area contributed by atoms with Gasteiger partial charge < -0.3 is 0 Å². The fourth-order valence-corrected chi connectivity index (χ4v) is 3.22. The molecule has 0 heterocycles. The van der Waals surface area contributed by atoms with Crippen molar-refractivity contribution in [3.8, 4) is 23.5 Å². The van der Waals surface area contributed by atoms with Gasteiger partial charge in [-0.1, -0.05) is 55.0 Å². The highest BCUT2D eigenvalue weighted by Crippen LogP contribution is 2.26. The Labute approximate surface area is 119 Å². The SMILES string of the molecule is C#Cc1cc(F)cc(-c2ccc([Si](C)(C)C)cc2)c1F. The van der Waals surface area contributed by atoms with Gasteiger partial charge in [0.25, 0.3) is 0 Å². The zero-order chi connectivity index (χ0) is 14.9. The molecule has 0 N–H and O–H groups in total. The van der Waals surface area contributed by atoms with Crippen LogP contribution in [0.25, 0.3) is 11.1 Å². The molecule has 0 aromatic heterocycles. The average molecular weight is 286 g/mol. The van der Waals surface area contributed by atoms with Gasteiger partial charge in [-0.25, -0.2) is 8.78 Å². The van der Waals surface area contributed by atoms with Gasteiger partial charge in [0.05, 0.1) is 13.6 Å². The maximum absolute atomic E-state index is 14.2. The van der Waals surface area contributed by atoms with E-state index >= 15 is 0 Å². The summed E-state index contributed by atoms with van der Waals surface area (Å²) in [6, 6.07) is 9.84. The number of rotatable bonds is 2. The molecule has 0 saturated heterocycles. The lowest BCUT2D eigenvalue weighted by atomic mass is 10.0. The van der Waals surface area contributed by atoms with Crippen LogP contribution in [0, 0.1) is 24.0 Å². The molecule has 2 rings (SSSR count). The molecule has 2 aromatic carbocycles. The highest BCUT2D eigenvalue weighted by atomic mass is 28.3. The standard InChI is InChI=1S/C17H16F2Si/c1-5-12-10-14(18)11-16(17(12)19)13-6-8-15(9-7-13)20(2,3)4/h1,6-11H,2-4H3. The number of benzene rings is 2. The molecule has 0 aliphatic carbocycles. The largest absolute Gasteiger partial charge is 0.207 e. The second-order valence-corrected chi connectivity index (χ2v) is 10.9. The molecule has 0 spiro atoms. The first-order valence-corrected chi connectivity index (χ1v) is 9.89. The Bertz CT molecular complexity index is 674. The van der Waals surface area contributed by atoms with Crippen LogP contribution < -0.4 is 5.19 Å². The van der Waals surface area contributed by atoms with Gasteiger partial charge in [0.1, 0.15) is 11.6 Å². The van der Waals surface area contributed by atoms with Crippen LogP contribution >= 0.6 is 0 Å². The smallest absolute Gasteiger partial charge is 0.146 e. The fraction of sp³-hybridized carbons (Fsp3) is 0.176. The molecule has 0 aliphatic rings. The van der Waals surface area contributed by atoms with Crippen molar-refractivity contribution >= 4 is 13.3 Å². The lowest BCUT2D eigenvalue weighted by Gasteiger charge is -2.17. The molecule has 2 aromatic rings. The van der Waals surface area contributed by atoms with Crippen molar-refractivity contribution < 1.29 is 8.78 Å². The highest BCUT2D eigenvalue weighted by molar-refractivity contribution is 6.88. The maximum Gasteiger partial charge on any atom is 0.146 e. The predicted molar refractivity (Wildman–Crippen MR) is 82.7 cm³/mol. The molecule has 102 valence electrons. The van der Waals surface area contributed by atoms with Gasteiger partial charge in [0, 0.05) is 5.56 Å². The third kappa shape index (κ3) is 2.81. The van der Waals surface area contributed by atoms with Gasteiger partial charge in [0.15, 0.2) is 0 Å². The first kappa shape index (κ1) is 14.5.